The summed E-state index contributed by atoms with van der Waals surface area (Å²) < 4.78 is 0. The number of hydrogen-bond acceptors (Lipinski definition) is 2. The standard InChI is InChI=1S/C27H30N.C23H24N.Ir/c1-18-8-7-9-19(2)25(18)21-11-13-24(28-17-21)20-10-12-22-23(16-20)27(5,6)15-14-26(22,3)4;1-2-3-4-5-10-19-11-8-12-20(17-19)21-13-9-14-22(18-21)23-15-6-7-16-24-23;/h7-9,11-13,16-17H,14-15H2,1-6H3;6-9,11-13,15-18H,2-5,10H2,1H3;/q2*-1;. The van der Waals surface area contributed by atoms with E-state index in [9.17, 15) is 0 Å². The summed E-state index contributed by atoms with van der Waals surface area (Å²) in [5.41, 5.74) is 16.4. The molecule has 0 fully saturated rings. The molecular formula is C50H54IrN2-2. The molecule has 7 rings (SSSR count). The summed E-state index contributed by atoms with van der Waals surface area (Å²) in [6.45, 7) is 16.0. The van der Waals surface area contributed by atoms with Crippen LogP contribution in [0.25, 0.3) is 44.8 Å². The zero-order valence-electron chi connectivity index (χ0n) is 32.6. The van der Waals surface area contributed by atoms with Crippen LogP contribution in [-0.4, -0.2) is 9.97 Å². The summed E-state index contributed by atoms with van der Waals surface area (Å²) >= 11 is 0. The number of benzene rings is 4. The molecule has 0 N–H and O–H groups in total. The molecule has 2 heterocycles. The third-order valence-corrected chi connectivity index (χ3v) is 10.9. The first-order valence-electron chi connectivity index (χ1n) is 19.2. The molecule has 2 nitrogen and oxygen atoms in total. The summed E-state index contributed by atoms with van der Waals surface area (Å²) in [6, 6.07) is 43.3. The Hall–Kier alpha value is -4.17. The number of nitrogens with zero attached hydrogens (tertiary/aromatic N) is 2. The molecule has 2 aromatic heterocycles. The summed E-state index contributed by atoms with van der Waals surface area (Å²) in [5, 5.41) is 0. The third-order valence-electron chi connectivity index (χ3n) is 10.9. The van der Waals surface area contributed by atoms with Gasteiger partial charge in [0, 0.05) is 32.5 Å². The van der Waals surface area contributed by atoms with Gasteiger partial charge in [0.05, 0.1) is 0 Å². The number of aryl methyl sites for hydroxylation is 3. The normalized spacial score (nSPS) is 13.9. The first kappa shape index (κ1) is 40.0. The van der Waals surface area contributed by atoms with Crippen molar-refractivity contribution in [2.24, 2.45) is 0 Å². The Morgan fingerprint density at radius 3 is 2.02 bits per heavy atom. The summed E-state index contributed by atoms with van der Waals surface area (Å²) in [5.74, 6) is 0. The van der Waals surface area contributed by atoms with Crippen molar-refractivity contribution in [3.63, 3.8) is 0 Å². The van der Waals surface area contributed by atoms with Gasteiger partial charge in [-0.2, -0.15) is 0 Å². The Kier molecular flexibility index (Phi) is 13.4. The second-order valence-electron chi connectivity index (χ2n) is 15.9. The van der Waals surface area contributed by atoms with E-state index in [2.05, 4.69) is 144 Å². The van der Waals surface area contributed by atoms with Crippen LogP contribution in [0.2, 0.25) is 0 Å². The van der Waals surface area contributed by atoms with Gasteiger partial charge in [-0.3, -0.25) is 0 Å². The quantitative estimate of drug-likeness (QED) is 0.107. The van der Waals surface area contributed by atoms with E-state index in [0.717, 1.165) is 22.5 Å². The van der Waals surface area contributed by atoms with Crippen molar-refractivity contribution in [2.75, 3.05) is 0 Å². The largest absolute Gasteiger partial charge is 0.305 e. The van der Waals surface area contributed by atoms with Crippen molar-refractivity contribution in [3.8, 4) is 44.8 Å². The monoisotopic (exact) mass is 875 g/mol. The second kappa shape index (κ2) is 17.8. The van der Waals surface area contributed by atoms with Crippen molar-refractivity contribution < 1.29 is 20.1 Å². The van der Waals surface area contributed by atoms with E-state index < -0.39 is 0 Å². The first-order valence-corrected chi connectivity index (χ1v) is 19.2. The average Bonchev–Trinajstić information content (AvgIpc) is 3.16. The van der Waals surface area contributed by atoms with Crippen molar-refractivity contribution in [3.05, 3.63) is 155 Å². The number of fused-ring (bicyclic) bond motifs is 1. The topological polar surface area (TPSA) is 25.8 Å². The molecule has 0 unspecified atom stereocenters. The maximum absolute atomic E-state index is 4.81. The molecule has 0 saturated carbocycles. The minimum atomic E-state index is 0. The average molecular weight is 875 g/mol. The van der Waals surface area contributed by atoms with Crippen LogP contribution in [0.15, 0.2) is 116 Å². The van der Waals surface area contributed by atoms with Crippen LogP contribution in [0.1, 0.15) is 101 Å². The molecule has 1 radical (unpaired) electrons. The van der Waals surface area contributed by atoms with Gasteiger partial charge in [0.15, 0.2) is 0 Å². The predicted molar refractivity (Wildman–Crippen MR) is 220 cm³/mol. The number of rotatable bonds is 9. The zero-order chi connectivity index (χ0) is 36.7. The van der Waals surface area contributed by atoms with Gasteiger partial charge in [0.2, 0.25) is 0 Å². The number of hydrogen-bond donors (Lipinski definition) is 0. The van der Waals surface area contributed by atoms with Crippen LogP contribution in [0.3, 0.4) is 0 Å². The van der Waals surface area contributed by atoms with Gasteiger partial charge in [-0.05, 0) is 94.8 Å². The number of aromatic nitrogens is 2. The molecule has 6 aromatic rings. The second-order valence-corrected chi connectivity index (χ2v) is 15.9. The zero-order valence-corrected chi connectivity index (χ0v) is 35.0. The van der Waals surface area contributed by atoms with E-state index in [0.29, 0.717) is 0 Å². The molecule has 53 heavy (non-hydrogen) atoms. The predicted octanol–water partition coefficient (Wildman–Crippen LogP) is 13.5. The smallest absolute Gasteiger partial charge is 0.0239 e. The molecule has 4 aromatic carbocycles. The third kappa shape index (κ3) is 9.69. The van der Waals surface area contributed by atoms with E-state index in [-0.39, 0.29) is 30.9 Å². The fourth-order valence-electron chi connectivity index (χ4n) is 7.60. The van der Waals surface area contributed by atoms with E-state index in [1.807, 2.05) is 36.7 Å². The fourth-order valence-corrected chi connectivity index (χ4v) is 7.60. The van der Waals surface area contributed by atoms with Gasteiger partial charge in [0.1, 0.15) is 0 Å². The number of unbranched alkanes of at least 4 members (excludes halogenated alkanes) is 3. The van der Waals surface area contributed by atoms with Crippen LogP contribution >= 0.6 is 0 Å². The van der Waals surface area contributed by atoms with Crippen LogP contribution < -0.4 is 0 Å². The Morgan fingerprint density at radius 2 is 1.32 bits per heavy atom. The number of pyridine rings is 2. The van der Waals surface area contributed by atoms with Crippen molar-refractivity contribution >= 4 is 0 Å². The maximum Gasteiger partial charge on any atom is 0.0239 e. The van der Waals surface area contributed by atoms with Crippen LogP contribution in [0, 0.1) is 26.0 Å². The Labute approximate surface area is 332 Å². The molecule has 0 amide bonds. The molecule has 1 aliphatic rings. The van der Waals surface area contributed by atoms with Crippen LogP contribution in [-0.2, 0) is 37.4 Å². The van der Waals surface area contributed by atoms with E-state index >= 15 is 0 Å². The minimum absolute atomic E-state index is 0. The molecule has 0 saturated heterocycles. The molecule has 0 spiro atoms. The van der Waals surface area contributed by atoms with E-state index in [1.54, 1.807) is 0 Å². The molecule has 1 aliphatic carbocycles. The van der Waals surface area contributed by atoms with Gasteiger partial charge in [-0.15, -0.1) is 70.3 Å². The van der Waals surface area contributed by atoms with Crippen molar-refractivity contribution in [1.29, 1.82) is 0 Å². The Balaban J connectivity index is 0.000000203. The van der Waals surface area contributed by atoms with Crippen LogP contribution in [0.4, 0.5) is 0 Å². The molecular weight excluding hydrogens is 821 g/mol. The van der Waals surface area contributed by atoms with Gasteiger partial charge in [-0.25, -0.2) is 0 Å². The van der Waals surface area contributed by atoms with Gasteiger partial charge < -0.3 is 9.97 Å². The summed E-state index contributed by atoms with van der Waals surface area (Å²) in [6.07, 6.45) is 12.7. The minimum Gasteiger partial charge on any atom is -0.305 e. The Bertz CT molecular complexity index is 2070. The Morgan fingerprint density at radius 1 is 0.623 bits per heavy atom. The summed E-state index contributed by atoms with van der Waals surface area (Å²) in [7, 11) is 0. The van der Waals surface area contributed by atoms with Gasteiger partial charge >= 0.3 is 0 Å². The van der Waals surface area contributed by atoms with Crippen LogP contribution in [0.5, 0.6) is 0 Å². The van der Waals surface area contributed by atoms with Gasteiger partial charge in [0.25, 0.3) is 0 Å². The SMILES string of the molecule is CCCCCCc1cccc(-c2cc[c-]c(-c3ccccn3)c2)c1.Cc1cccc(C)c1-c1ccc(-c2[c-]cc3c(c2)C(C)(C)CCC3(C)C)nc1.[Ir]. The molecule has 0 atom stereocenters. The van der Waals surface area contributed by atoms with Crippen molar-refractivity contribution in [1.82, 2.24) is 9.97 Å². The molecule has 275 valence electrons. The van der Waals surface area contributed by atoms with E-state index in [1.165, 1.54) is 95.0 Å². The summed E-state index contributed by atoms with van der Waals surface area (Å²) in [4.78, 5) is 9.24. The van der Waals surface area contributed by atoms with Crippen molar-refractivity contribution in [2.45, 2.75) is 104 Å². The fraction of sp³-hybridized carbons (Fsp3) is 0.320. The molecule has 3 heteroatoms. The van der Waals surface area contributed by atoms with E-state index in [4.69, 9.17) is 4.98 Å². The molecule has 0 aliphatic heterocycles. The molecule has 0 bridgehead atoms. The van der Waals surface area contributed by atoms with Gasteiger partial charge in [-0.1, -0.05) is 127 Å². The first-order chi connectivity index (χ1) is 25.1. The maximum atomic E-state index is 4.81.